The number of methoxy groups -OCH3 is 1. The molecule has 1 unspecified atom stereocenters. The SMILES string of the molecule is COCC(CCCN)NCC1(C)CCOCC1. The van der Waals surface area contributed by atoms with Gasteiger partial charge in [0.25, 0.3) is 0 Å². The summed E-state index contributed by atoms with van der Waals surface area (Å²) in [6.07, 6.45) is 4.45. The van der Waals surface area contributed by atoms with E-state index in [1.165, 1.54) is 0 Å². The van der Waals surface area contributed by atoms with Crippen molar-refractivity contribution in [3.63, 3.8) is 0 Å². The van der Waals surface area contributed by atoms with Crippen LogP contribution in [0.4, 0.5) is 0 Å². The third-order valence-electron chi connectivity index (χ3n) is 3.64. The van der Waals surface area contributed by atoms with Crippen molar-refractivity contribution < 1.29 is 9.47 Å². The lowest BCUT2D eigenvalue weighted by molar-refractivity contribution is 0.0210. The summed E-state index contributed by atoms with van der Waals surface area (Å²) in [4.78, 5) is 0. The molecule has 0 spiro atoms. The molecule has 1 rings (SSSR count). The fourth-order valence-corrected chi connectivity index (χ4v) is 2.24. The predicted molar refractivity (Wildman–Crippen MR) is 70.1 cm³/mol. The molecule has 1 saturated heterocycles. The van der Waals surface area contributed by atoms with Gasteiger partial charge in [-0.05, 0) is 37.6 Å². The summed E-state index contributed by atoms with van der Waals surface area (Å²) in [5.74, 6) is 0. The average molecular weight is 244 g/mol. The molecule has 1 aliphatic rings. The minimum Gasteiger partial charge on any atom is -0.383 e. The summed E-state index contributed by atoms with van der Waals surface area (Å²) in [6, 6.07) is 0.434. The van der Waals surface area contributed by atoms with Crippen LogP contribution in [0.1, 0.15) is 32.6 Å². The van der Waals surface area contributed by atoms with Crippen molar-refractivity contribution in [1.29, 1.82) is 0 Å². The summed E-state index contributed by atoms with van der Waals surface area (Å²) in [5.41, 5.74) is 5.93. The smallest absolute Gasteiger partial charge is 0.0615 e. The monoisotopic (exact) mass is 244 g/mol. The quantitative estimate of drug-likeness (QED) is 0.672. The van der Waals surface area contributed by atoms with Crippen molar-refractivity contribution in [3.8, 4) is 0 Å². The summed E-state index contributed by atoms with van der Waals surface area (Å²) < 4.78 is 10.7. The van der Waals surface area contributed by atoms with E-state index in [2.05, 4.69) is 12.2 Å². The predicted octanol–water partition coefficient (Wildman–Crippen LogP) is 1.15. The molecule has 3 N–H and O–H groups in total. The van der Waals surface area contributed by atoms with Crippen LogP contribution < -0.4 is 11.1 Å². The second kappa shape index (κ2) is 8.03. The van der Waals surface area contributed by atoms with Gasteiger partial charge in [-0.2, -0.15) is 0 Å². The molecule has 0 aromatic carbocycles. The van der Waals surface area contributed by atoms with Gasteiger partial charge in [-0.15, -0.1) is 0 Å². The molecule has 0 saturated carbocycles. The van der Waals surface area contributed by atoms with Gasteiger partial charge in [0.15, 0.2) is 0 Å². The highest BCUT2D eigenvalue weighted by molar-refractivity contribution is 4.81. The lowest BCUT2D eigenvalue weighted by Gasteiger charge is -2.35. The lowest BCUT2D eigenvalue weighted by Crippen LogP contribution is -2.43. The molecule has 0 aliphatic carbocycles. The maximum Gasteiger partial charge on any atom is 0.0615 e. The van der Waals surface area contributed by atoms with Crippen LogP contribution in [0, 0.1) is 5.41 Å². The first-order valence-electron chi connectivity index (χ1n) is 6.70. The third-order valence-corrected chi connectivity index (χ3v) is 3.64. The standard InChI is InChI=1S/C13H28N2O2/c1-13(5-8-17-9-6-13)11-15-12(10-16-2)4-3-7-14/h12,15H,3-11,14H2,1-2H3. The maximum atomic E-state index is 5.55. The van der Waals surface area contributed by atoms with Crippen LogP contribution in [0.2, 0.25) is 0 Å². The summed E-state index contributed by atoms with van der Waals surface area (Å²) in [5, 5.41) is 3.63. The third kappa shape index (κ3) is 5.82. The van der Waals surface area contributed by atoms with Crippen molar-refractivity contribution >= 4 is 0 Å². The molecular formula is C13H28N2O2. The number of rotatable bonds is 8. The van der Waals surface area contributed by atoms with Gasteiger partial charge < -0.3 is 20.5 Å². The van der Waals surface area contributed by atoms with Gasteiger partial charge in [-0.1, -0.05) is 6.92 Å². The van der Waals surface area contributed by atoms with Crippen molar-refractivity contribution in [2.24, 2.45) is 11.1 Å². The molecule has 17 heavy (non-hydrogen) atoms. The van der Waals surface area contributed by atoms with Gasteiger partial charge in [-0.25, -0.2) is 0 Å². The summed E-state index contributed by atoms with van der Waals surface area (Å²) in [7, 11) is 1.76. The van der Waals surface area contributed by atoms with Crippen LogP contribution in [0.3, 0.4) is 0 Å². The highest BCUT2D eigenvalue weighted by atomic mass is 16.5. The van der Waals surface area contributed by atoms with E-state index in [0.29, 0.717) is 11.5 Å². The Morgan fingerprint density at radius 1 is 1.41 bits per heavy atom. The Morgan fingerprint density at radius 2 is 2.12 bits per heavy atom. The number of ether oxygens (including phenoxy) is 2. The van der Waals surface area contributed by atoms with Crippen molar-refractivity contribution in [1.82, 2.24) is 5.32 Å². The van der Waals surface area contributed by atoms with Gasteiger partial charge in [-0.3, -0.25) is 0 Å². The van der Waals surface area contributed by atoms with E-state index >= 15 is 0 Å². The molecule has 0 radical (unpaired) electrons. The number of hydrogen-bond acceptors (Lipinski definition) is 4. The molecule has 102 valence electrons. The minimum absolute atomic E-state index is 0.382. The molecule has 1 aliphatic heterocycles. The lowest BCUT2D eigenvalue weighted by atomic mass is 9.82. The van der Waals surface area contributed by atoms with E-state index < -0.39 is 0 Å². The molecule has 1 fully saturated rings. The Balaban J connectivity index is 2.28. The van der Waals surface area contributed by atoms with Gasteiger partial charge >= 0.3 is 0 Å². The highest BCUT2D eigenvalue weighted by Crippen LogP contribution is 2.28. The molecule has 1 atom stereocenters. The number of hydrogen-bond donors (Lipinski definition) is 2. The molecule has 0 bridgehead atoms. The zero-order valence-corrected chi connectivity index (χ0v) is 11.3. The number of nitrogens with one attached hydrogen (secondary N) is 1. The van der Waals surface area contributed by atoms with Crippen LogP contribution in [0.15, 0.2) is 0 Å². The van der Waals surface area contributed by atoms with E-state index in [0.717, 1.165) is 58.6 Å². The second-order valence-electron chi connectivity index (χ2n) is 5.39. The largest absolute Gasteiger partial charge is 0.383 e. The molecule has 0 aromatic heterocycles. The summed E-state index contributed by atoms with van der Waals surface area (Å²) >= 11 is 0. The minimum atomic E-state index is 0.382. The molecule has 1 heterocycles. The van der Waals surface area contributed by atoms with E-state index in [9.17, 15) is 0 Å². The Morgan fingerprint density at radius 3 is 2.71 bits per heavy atom. The molecule has 0 amide bonds. The topological polar surface area (TPSA) is 56.5 Å². The van der Waals surface area contributed by atoms with Gasteiger partial charge in [0.1, 0.15) is 0 Å². The first-order valence-corrected chi connectivity index (χ1v) is 6.70. The van der Waals surface area contributed by atoms with E-state index in [-0.39, 0.29) is 0 Å². The number of nitrogens with two attached hydrogens (primary N) is 1. The van der Waals surface area contributed by atoms with Crippen molar-refractivity contribution in [2.75, 3.05) is 40.0 Å². The Kier molecular flexibility index (Phi) is 7.04. The first-order chi connectivity index (χ1) is 8.20. The van der Waals surface area contributed by atoms with Gasteiger partial charge in [0, 0.05) is 32.9 Å². The Labute approximate surface area is 105 Å². The molecule has 0 aromatic rings. The summed E-state index contributed by atoms with van der Waals surface area (Å²) in [6.45, 7) is 6.72. The van der Waals surface area contributed by atoms with Crippen molar-refractivity contribution in [3.05, 3.63) is 0 Å². The Hall–Kier alpha value is -0.160. The zero-order valence-electron chi connectivity index (χ0n) is 11.3. The fourth-order valence-electron chi connectivity index (χ4n) is 2.24. The average Bonchev–Trinajstić information content (AvgIpc) is 2.34. The molecule has 4 heteroatoms. The van der Waals surface area contributed by atoms with Crippen molar-refractivity contribution in [2.45, 2.75) is 38.6 Å². The van der Waals surface area contributed by atoms with E-state index in [1.54, 1.807) is 7.11 Å². The fraction of sp³-hybridized carbons (Fsp3) is 1.00. The van der Waals surface area contributed by atoms with Crippen LogP contribution in [0.5, 0.6) is 0 Å². The first kappa shape index (κ1) is 14.9. The van der Waals surface area contributed by atoms with Gasteiger partial charge in [0.2, 0.25) is 0 Å². The van der Waals surface area contributed by atoms with Gasteiger partial charge in [0.05, 0.1) is 6.61 Å². The maximum absolute atomic E-state index is 5.55. The normalized spacial score (nSPS) is 21.4. The molecule has 4 nitrogen and oxygen atoms in total. The highest BCUT2D eigenvalue weighted by Gasteiger charge is 2.27. The van der Waals surface area contributed by atoms with Crippen LogP contribution in [-0.2, 0) is 9.47 Å². The second-order valence-corrected chi connectivity index (χ2v) is 5.39. The van der Waals surface area contributed by atoms with Crippen LogP contribution >= 0.6 is 0 Å². The zero-order chi connectivity index (χ0) is 12.6. The van der Waals surface area contributed by atoms with Crippen LogP contribution in [-0.4, -0.2) is 46.1 Å². The Bertz CT molecular complexity index is 194. The van der Waals surface area contributed by atoms with E-state index in [4.69, 9.17) is 15.2 Å². The van der Waals surface area contributed by atoms with Crippen LogP contribution in [0.25, 0.3) is 0 Å². The molecular weight excluding hydrogens is 216 g/mol. The van der Waals surface area contributed by atoms with E-state index in [1.807, 2.05) is 0 Å².